The minimum atomic E-state index is -4.49. The molecule has 154 valence electrons. The molecular formula is C21H33F3NOP. The molecule has 4 saturated carbocycles. The van der Waals surface area contributed by atoms with Gasteiger partial charge in [-0.1, -0.05) is 6.92 Å². The molecule has 0 aromatic carbocycles. The lowest BCUT2D eigenvalue weighted by Crippen LogP contribution is -2.56. The Kier molecular flexibility index (Phi) is 4.60. The Morgan fingerprint density at radius 1 is 0.963 bits per heavy atom. The van der Waals surface area contributed by atoms with Crippen LogP contribution >= 0.6 is 9.24 Å². The van der Waals surface area contributed by atoms with Gasteiger partial charge in [-0.05, 0) is 99.0 Å². The van der Waals surface area contributed by atoms with Crippen LogP contribution in [0.4, 0.5) is 13.2 Å². The summed E-state index contributed by atoms with van der Waals surface area (Å²) >= 11 is 0. The summed E-state index contributed by atoms with van der Waals surface area (Å²) in [5.41, 5.74) is -1.94. The van der Waals surface area contributed by atoms with E-state index in [1.165, 1.54) is 0 Å². The predicted octanol–water partition coefficient (Wildman–Crippen LogP) is 5.59. The predicted molar refractivity (Wildman–Crippen MR) is 104 cm³/mol. The highest BCUT2D eigenvalue weighted by molar-refractivity contribution is 7.19. The van der Waals surface area contributed by atoms with E-state index in [2.05, 4.69) is 9.24 Å². The van der Waals surface area contributed by atoms with E-state index in [0.717, 1.165) is 51.4 Å². The molecule has 2 N–H and O–H groups in total. The van der Waals surface area contributed by atoms with Gasteiger partial charge in [0.2, 0.25) is 0 Å². The maximum absolute atomic E-state index is 13.3. The Labute approximate surface area is 162 Å². The van der Waals surface area contributed by atoms with Gasteiger partial charge in [0.25, 0.3) is 0 Å². The molecule has 0 saturated heterocycles. The lowest BCUT2D eigenvalue weighted by Gasteiger charge is -2.60. The van der Waals surface area contributed by atoms with Gasteiger partial charge in [0.1, 0.15) is 5.71 Å². The highest BCUT2D eigenvalue weighted by atomic mass is 31.0. The van der Waals surface area contributed by atoms with Gasteiger partial charge in [-0.25, -0.2) is 0 Å². The Morgan fingerprint density at radius 2 is 1.59 bits per heavy atom. The summed E-state index contributed by atoms with van der Waals surface area (Å²) in [4.78, 5) is 0. The first-order valence-electron chi connectivity index (χ1n) is 10.5. The van der Waals surface area contributed by atoms with Gasteiger partial charge in [0, 0.05) is 5.92 Å². The maximum Gasteiger partial charge on any atom is 0.429 e. The van der Waals surface area contributed by atoms with E-state index >= 15 is 0 Å². The molecule has 0 aromatic heterocycles. The molecule has 0 bridgehead atoms. The van der Waals surface area contributed by atoms with E-state index < -0.39 is 23.4 Å². The molecular weight excluding hydrogens is 370 g/mol. The second kappa shape index (κ2) is 6.17. The van der Waals surface area contributed by atoms with Crippen molar-refractivity contribution in [3.8, 4) is 0 Å². The zero-order valence-electron chi connectivity index (χ0n) is 16.4. The van der Waals surface area contributed by atoms with Crippen LogP contribution in [0.15, 0.2) is 0 Å². The van der Waals surface area contributed by atoms with Crippen LogP contribution in [-0.2, 0) is 0 Å². The summed E-state index contributed by atoms with van der Waals surface area (Å²) in [5.74, 6) is 1.33. The fourth-order valence-corrected chi connectivity index (χ4v) is 8.96. The Balaban J connectivity index is 1.58. The molecule has 0 amide bonds. The number of hydrogen-bond acceptors (Lipinski definition) is 2. The van der Waals surface area contributed by atoms with Crippen LogP contribution in [0.3, 0.4) is 0 Å². The molecule has 2 nitrogen and oxygen atoms in total. The molecule has 4 aliphatic rings. The molecule has 27 heavy (non-hydrogen) atoms. The van der Waals surface area contributed by atoms with Gasteiger partial charge >= 0.3 is 6.18 Å². The first kappa shape index (κ1) is 20.1. The highest BCUT2D eigenvalue weighted by Gasteiger charge is 2.62. The van der Waals surface area contributed by atoms with Gasteiger partial charge in [-0.2, -0.15) is 13.2 Å². The standard InChI is InChI=1S/C21H33F3NOP/c1-18(26)8-7-15-13-5-9-19(2)14(12(13)6-10-20(15,27)11-18)3-4-16(19)17(25)21(22,23)24/h12-16,25-26H,3-11,27H2,1-2H3/t12?,13?,14?,15?,16?,18-,19?,20?/m1/s1. The quantitative estimate of drug-likeness (QED) is 0.435. The van der Waals surface area contributed by atoms with Crippen molar-refractivity contribution in [1.29, 1.82) is 5.41 Å². The van der Waals surface area contributed by atoms with Gasteiger partial charge < -0.3 is 10.5 Å². The van der Waals surface area contributed by atoms with Crippen molar-refractivity contribution in [2.24, 2.45) is 35.0 Å². The summed E-state index contributed by atoms with van der Waals surface area (Å²) < 4.78 is 39.8. The van der Waals surface area contributed by atoms with Crippen molar-refractivity contribution in [2.75, 3.05) is 0 Å². The summed E-state index contributed by atoms with van der Waals surface area (Å²) in [7, 11) is 3.08. The second-order valence-electron chi connectivity index (χ2n) is 10.6. The van der Waals surface area contributed by atoms with Crippen molar-refractivity contribution in [2.45, 2.75) is 88.6 Å². The number of rotatable bonds is 1. The average Bonchev–Trinajstić information content (AvgIpc) is 2.88. The van der Waals surface area contributed by atoms with Gasteiger partial charge in [0.05, 0.1) is 5.60 Å². The number of alkyl halides is 3. The Hall–Kier alpha value is -0.150. The first-order valence-corrected chi connectivity index (χ1v) is 11.1. The van der Waals surface area contributed by atoms with Crippen molar-refractivity contribution in [3.63, 3.8) is 0 Å². The molecule has 9 atom stereocenters. The zero-order valence-corrected chi connectivity index (χ0v) is 17.6. The molecule has 0 aromatic rings. The summed E-state index contributed by atoms with van der Waals surface area (Å²) in [6.45, 7) is 3.99. The minimum absolute atomic E-state index is 0.0906. The van der Waals surface area contributed by atoms with E-state index in [1.807, 2.05) is 13.8 Å². The molecule has 8 unspecified atom stereocenters. The van der Waals surface area contributed by atoms with E-state index in [0.29, 0.717) is 30.1 Å². The zero-order chi connectivity index (χ0) is 19.8. The van der Waals surface area contributed by atoms with E-state index in [9.17, 15) is 18.3 Å². The van der Waals surface area contributed by atoms with E-state index in [1.54, 1.807) is 0 Å². The van der Waals surface area contributed by atoms with Crippen LogP contribution in [0.2, 0.25) is 0 Å². The highest BCUT2D eigenvalue weighted by Crippen LogP contribution is 2.67. The number of fused-ring (bicyclic) bond motifs is 5. The lowest BCUT2D eigenvalue weighted by atomic mass is 9.48. The van der Waals surface area contributed by atoms with Crippen molar-refractivity contribution in [1.82, 2.24) is 0 Å². The fraction of sp³-hybridized carbons (Fsp3) is 0.952. The van der Waals surface area contributed by atoms with Gasteiger partial charge in [-0.3, -0.25) is 0 Å². The maximum atomic E-state index is 13.3. The molecule has 6 heteroatoms. The topological polar surface area (TPSA) is 44.1 Å². The molecule has 0 spiro atoms. The normalized spacial score (nSPS) is 52.6. The van der Waals surface area contributed by atoms with E-state index in [-0.39, 0.29) is 10.6 Å². The number of aliphatic hydroxyl groups is 1. The fourth-order valence-electron chi connectivity index (χ4n) is 7.94. The van der Waals surface area contributed by atoms with Crippen LogP contribution in [0, 0.1) is 40.4 Å². The Bertz CT molecular complexity index is 635. The van der Waals surface area contributed by atoms with Crippen LogP contribution < -0.4 is 0 Å². The second-order valence-corrected chi connectivity index (χ2v) is 11.8. The van der Waals surface area contributed by atoms with Crippen molar-refractivity contribution in [3.05, 3.63) is 0 Å². The molecule has 0 aliphatic heterocycles. The summed E-state index contributed by atoms with van der Waals surface area (Å²) in [6, 6.07) is 0. The monoisotopic (exact) mass is 403 g/mol. The van der Waals surface area contributed by atoms with Crippen LogP contribution in [0.5, 0.6) is 0 Å². The average molecular weight is 403 g/mol. The number of nitrogens with one attached hydrogen (secondary N) is 1. The number of halogens is 3. The minimum Gasteiger partial charge on any atom is -0.390 e. The molecule has 4 fully saturated rings. The lowest BCUT2D eigenvalue weighted by molar-refractivity contribution is -0.0909. The third-order valence-electron chi connectivity index (χ3n) is 9.05. The molecule has 0 heterocycles. The summed E-state index contributed by atoms with van der Waals surface area (Å²) in [5, 5.41) is 18.5. The van der Waals surface area contributed by atoms with Crippen LogP contribution in [0.25, 0.3) is 0 Å². The Morgan fingerprint density at radius 3 is 2.26 bits per heavy atom. The van der Waals surface area contributed by atoms with Crippen molar-refractivity contribution < 1.29 is 18.3 Å². The summed E-state index contributed by atoms with van der Waals surface area (Å²) in [6.07, 6.45) is 3.48. The van der Waals surface area contributed by atoms with Gasteiger partial charge in [0.15, 0.2) is 0 Å². The third kappa shape index (κ3) is 3.10. The first-order chi connectivity index (χ1) is 12.4. The van der Waals surface area contributed by atoms with Crippen molar-refractivity contribution >= 4 is 15.0 Å². The van der Waals surface area contributed by atoms with E-state index in [4.69, 9.17) is 5.41 Å². The molecule has 4 aliphatic carbocycles. The number of hydrogen-bond donors (Lipinski definition) is 2. The molecule has 0 radical (unpaired) electrons. The smallest absolute Gasteiger partial charge is 0.390 e. The van der Waals surface area contributed by atoms with Crippen LogP contribution in [-0.4, -0.2) is 27.8 Å². The van der Waals surface area contributed by atoms with Crippen LogP contribution in [0.1, 0.15) is 71.6 Å². The molecule has 4 rings (SSSR count). The third-order valence-corrected chi connectivity index (χ3v) is 9.97. The SMILES string of the molecule is CC12CCC3C(CCC4(P)C[C@](C)(O)CCC34)C1CCC2C(=N)C(F)(F)F. The van der Waals surface area contributed by atoms with Gasteiger partial charge in [-0.15, -0.1) is 9.24 Å². The largest absolute Gasteiger partial charge is 0.429 e.